The summed E-state index contributed by atoms with van der Waals surface area (Å²) in [4.78, 5) is 26.0. The van der Waals surface area contributed by atoms with Crippen LogP contribution < -0.4 is 10.2 Å². The van der Waals surface area contributed by atoms with Crippen LogP contribution in [0.3, 0.4) is 0 Å². The van der Waals surface area contributed by atoms with Crippen molar-refractivity contribution in [2.75, 3.05) is 29.9 Å². The van der Waals surface area contributed by atoms with Crippen molar-refractivity contribution in [3.63, 3.8) is 0 Å². The van der Waals surface area contributed by atoms with Crippen molar-refractivity contribution >= 4 is 23.3 Å². The van der Waals surface area contributed by atoms with Crippen molar-refractivity contribution in [1.29, 1.82) is 0 Å². The number of carbonyl (C=O) groups is 2. The van der Waals surface area contributed by atoms with Crippen molar-refractivity contribution in [2.24, 2.45) is 0 Å². The Kier molecular flexibility index (Phi) is 7.21. The molecule has 0 fully saturated rings. The topological polar surface area (TPSA) is 58.6 Å². The van der Waals surface area contributed by atoms with Crippen LogP contribution in [0, 0.1) is 6.92 Å². The normalized spacial score (nSPS) is 10.3. The van der Waals surface area contributed by atoms with Crippen LogP contribution in [0.1, 0.15) is 36.2 Å². The minimum atomic E-state index is -0.359. The van der Waals surface area contributed by atoms with Crippen LogP contribution in [0.2, 0.25) is 0 Å². The summed E-state index contributed by atoms with van der Waals surface area (Å²) < 4.78 is 4.94. The van der Waals surface area contributed by atoms with Crippen molar-refractivity contribution in [3.8, 4) is 0 Å². The minimum absolute atomic E-state index is 0.0556. The maximum atomic E-state index is 12.2. The number of aryl methyl sites for hydroxylation is 1. The van der Waals surface area contributed by atoms with Gasteiger partial charge in [-0.05, 0) is 62.7 Å². The van der Waals surface area contributed by atoms with Crippen LogP contribution in [0.25, 0.3) is 0 Å². The first kappa shape index (κ1) is 19.5. The molecular formula is C21H26N2O3. The fourth-order valence-electron chi connectivity index (χ4n) is 2.66. The Morgan fingerprint density at radius 1 is 1.08 bits per heavy atom. The third kappa shape index (κ3) is 5.62. The molecule has 5 nitrogen and oxygen atoms in total. The van der Waals surface area contributed by atoms with Gasteiger partial charge < -0.3 is 15.0 Å². The Hall–Kier alpha value is -2.82. The van der Waals surface area contributed by atoms with Gasteiger partial charge in [0.05, 0.1) is 12.2 Å². The molecule has 0 spiro atoms. The number of rotatable bonds is 8. The van der Waals surface area contributed by atoms with E-state index in [4.69, 9.17) is 4.74 Å². The van der Waals surface area contributed by atoms with Gasteiger partial charge in [-0.25, -0.2) is 4.79 Å². The molecule has 0 aliphatic heterocycles. The number of carbonyl (C=O) groups excluding carboxylic acids is 2. The van der Waals surface area contributed by atoms with E-state index in [1.54, 1.807) is 31.2 Å². The molecular weight excluding hydrogens is 328 g/mol. The summed E-state index contributed by atoms with van der Waals surface area (Å²) in [5.41, 5.74) is 3.47. The zero-order chi connectivity index (χ0) is 18.9. The molecule has 0 atom stereocenters. The number of amides is 1. The monoisotopic (exact) mass is 354 g/mol. The van der Waals surface area contributed by atoms with Gasteiger partial charge in [0.2, 0.25) is 5.91 Å². The van der Waals surface area contributed by atoms with Crippen LogP contribution in [-0.4, -0.2) is 31.6 Å². The van der Waals surface area contributed by atoms with Gasteiger partial charge in [-0.15, -0.1) is 0 Å². The predicted octanol–water partition coefficient (Wildman–Crippen LogP) is 4.03. The Morgan fingerprint density at radius 2 is 1.81 bits per heavy atom. The molecule has 0 unspecified atom stereocenters. The Labute approximate surface area is 155 Å². The van der Waals surface area contributed by atoms with Gasteiger partial charge in [-0.1, -0.05) is 12.1 Å². The number of hydrogen-bond acceptors (Lipinski definition) is 4. The summed E-state index contributed by atoms with van der Waals surface area (Å²) in [5.74, 6) is -0.415. The van der Waals surface area contributed by atoms with Crippen LogP contribution >= 0.6 is 0 Å². The summed E-state index contributed by atoms with van der Waals surface area (Å²) >= 11 is 0. The number of ether oxygens (including phenoxy) is 1. The van der Waals surface area contributed by atoms with Gasteiger partial charge >= 0.3 is 5.97 Å². The molecule has 0 aliphatic carbocycles. The molecule has 0 saturated heterocycles. The number of nitrogens with one attached hydrogen (secondary N) is 1. The summed E-state index contributed by atoms with van der Waals surface area (Å²) in [6.45, 7) is 7.73. The maximum absolute atomic E-state index is 12.2. The quantitative estimate of drug-likeness (QED) is 0.727. The van der Waals surface area contributed by atoms with E-state index in [-0.39, 0.29) is 11.9 Å². The summed E-state index contributed by atoms with van der Waals surface area (Å²) in [6, 6.07) is 15.0. The van der Waals surface area contributed by atoms with E-state index in [0.29, 0.717) is 30.8 Å². The largest absolute Gasteiger partial charge is 0.462 e. The smallest absolute Gasteiger partial charge is 0.338 e. The number of anilines is 2. The summed E-state index contributed by atoms with van der Waals surface area (Å²) in [6.07, 6.45) is 0.390. The molecule has 0 bridgehead atoms. The first-order valence-electron chi connectivity index (χ1n) is 8.92. The summed E-state index contributed by atoms with van der Waals surface area (Å²) in [5, 5.41) is 2.86. The maximum Gasteiger partial charge on any atom is 0.338 e. The van der Waals surface area contributed by atoms with Gasteiger partial charge in [0.1, 0.15) is 0 Å². The van der Waals surface area contributed by atoms with Crippen LogP contribution in [0.15, 0.2) is 48.5 Å². The van der Waals surface area contributed by atoms with E-state index in [9.17, 15) is 9.59 Å². The molecule has 0 aromatic heterocycles. The molecule has 5 heteroatoms. The highest BCUT2D eigenvalue weighted by Gasteiger charge is 2.10. The average Bonchev–Trinajstić information content (AvgIpc) is 2.63. The van der Waals surface area contributed by atoms with Crippen molar-refractivity contribution in [2.45, 2.75) is 27.2 Å². The van der Waals surface area contributed by atoms with Crippen LogP contribution in [-0.2, 0) is 9.53 Å². The van der Waals surface area contributed by atoms with Crippen molar-refractivity contribution < 1.29 is 14.3 Å². The molecule has 2 rings (SSSR count). The Morgan fingerprint density at radius 3 is 2.42 bits per heavy atom. The zero-order valence-electron chi connectivity index (χ0n) is 15.6. The van der Waals surface area contributed by atoms with Gasteiger partial charge in [0, 0.05) is 30.9 Å². The zero-order valence-corrected chi connectivity index (χ0v) is 15.6. The van der Waals surface area contributed by atoms with Gasteiger partial charge in [-0.2, -0.15) is 0 Å². The van der Waals surface area contributed by atoms with E-state index in [1.165, 1.54) is 5.56 Å². The molecule has 0 aliphatic rings. The second-order valence-electron chi connectivity index (χ2n) is 6.01. The standard InChI is InChI=1S/C21H26N2O3/c1-4-23(19-8-6-7-16(3)15-19)14-13-20(24)22-18-11-9-17(10-12-18)21(25)26-5-2/h6-12,15H,4-5,13-14H2,1-3H3,(H,22,24). The van der Waals surface area contributed by atoms with Crippen molar-refractivity contribution in [3.05, 3.63) is 59.7 Å². The number of nitrogens with zero attached hydrogens (tertiary/aromatic N) is 1. The molecule has 1 N–H and O–H groups in total. The van der Waals surface area contributed by atoms with Crippen LogP contribution in [0.4, 0.5) is 11.4 Å². The van der Waals surface area contributed by atoms with E-state index >= 15 is 0 Å². The van der Waals surface area contributed by atoms with E-state index in [0.717, 1.165) is 12.2 Å². The molecule has 2 aromatic carbocycles. The predicted molar refractivity (Wildman–Crippen MR) is 105 cm³/mol. The number of esters is 1. The molecule has 0 radical (unpaired) electrons. The third-order valence-corrected chi connectivity index (χ3v) is 4.04. The lowest BCUT2D eigenvalue weighted by Crippen LogP contribution is -2.27. The SMILES string of the molecule is CCOC(=O)c1ccc(NC(=O)CCN(CC)c2cccc(C)c2)cc1. The Bertz CT molecular complexity index is 741. The van der Waals surface area contributed by atoms with Gasteiger partial charge in [0.15, 0.2) is 0 Å². The van der Waals surface area contributed by atoms with Crippen LogP contribution in [0.5, 0.6) is 0 Å². The van der Waals surface area contributed by atoms with E-state index in [2.05, 4.69) is 42.3 Å². The fourth-order valence-corrected chi connectivity index (χ4v) is 2.66. The third-order valence-electron chi connectivity index (χ3n) is 4.04. The van der Waals surface area contributed by atoms with Gasteiger partial charge in [0.25, 0.3) is 0 Å². The van der Waals surface area contributed by atoms with E-state index in [1.807, 2.05) is 6.07 Å². The highest BCUT2D eigenvalue weighted by atomic mass is 16.5. The first-order valence-corrected chi connectivity index (χ1v) is 8.92. The molecule has 138 valence electrons. The fraction of sp³-hybridized carbons (Fsp3) is 0.333. The molecule has 0 saturated carbocycles. The highest BCUT2D eigenvalue weighted by molar-refractivity contribution is 5.93. The molecule has 2 aromatic rings. The second kappa shape index (κ2) is 9.61. The average molecular weight is 354 g/mol. The number of benzene rings is 2. The lowest BCUT2D eigenvalue weighted by molar-refractivity contribution is -0.116. The second-order valence-corrected chi connectivity index (χ2v) is 6.01. The lowest BCUT2D eigenvalue weighted by Gasteiger charge is -2.23. The van der Waals surface area contributed by atoms with Gasteiger partial charge in [-0.3, -0.25) is 4.79 Å². The van der Waals surface area contributed by atoms with E-state index < -0.39 is 0 Å². The first-order chi connectivity index (χ1) is 12.5. The number of hydrogen-bond donors (Lipinski definition) is 1. The summed E-state index contributed by atoms with van der Waals surface area (Å²) in [7, 11) is 0. The van der Waals surface area contributed by atoms with Crippen molar-refractivity contribution in [1.82, 2.24) is 0 Å². The minimum Gasteiger partial charge on any atom is -0.462 e. The highest BCUT2D eigenvalue weighted by Crippen LogP contribution is 2.16. The lowest BCUT2D eigenvalue weighted by atomic mass is 10.2. The molecule has 0 heterocycles. The molecule has 26 heavy (non-hydrogen) atoms. The Balaban J connectivity index is 1.88. The molecule has 1 amide bonds.